The molecule has 1 aromatic carbocycles. The van der Waals surface area contributed by atoms with Crippen LogP contribution in [0.15, 0.2) is 24.3 Å². The molecule has 2 saturated heterocycles. The number of fused-ring (bicyclic) bond motifs is 2. The number of carbonyl (C=O) groups is 2. The summed E-state index contributed by atoms with van der Waals surface area (Å²) >= 11 is 1.74. The number of nitrogens with one attached hydrogen (secondary N) is 1. The van der Waals surface area contributed by atoms with Crippen LogP contribution in [-0.2, 0) is 22.6 Å². The lowest BCUT2D eigenvalue weighted by Gasteiger charge is -2.42. The molecule has 2 unspecified atom stereocenters. The molecule has 2 amide bonds. The second-order valence-electron chi connectivity index (χ2n) is 8.74. The molecule has 6 heteroatoms. The van der Waals surface area contributed by atoms with Gasteiger partial charge >= 0.3 is 0 Å². The maximum atomic E-state index is 12.9. The fourth-order valence-corrected chi connectivity index (χ4v) is 5.99. The Hall–Kier alpha value is -1.53. The summed E-state index contributed by atoms with van der Waals surface area (Å²) in [7, 11) is 0. The van der Waals surface area contributed by atoms with Gasteiger partial charge in [0.05, 0.1) is 4.87 Å². The maximum absolute atomic E-state index is 12.9. The second-order valence-corrected chi connectivity index (χ2v) is 10.2. The van der Waals surface area contributed by atoms with Crippen LogP contribution in [0.2, 0.25) is 0 Å². The molecule has 0 bridgehead atoms. The summed E-state index contributed by atoms with van der Waals surface area (Å²) in [5, 5.41) is 3.15. The third kappa shape index (κ3) is 3.38. The molecular formula is C21H29N3O2S. The Morgan fingerprint density at radius 2 is 2.04 bits per heavy atom. The van der Waals surface area contributed by atoms with E-state index in [1.807, 2.05) is 4.90 Å². The van der Waals surface area contributed by atoms with Crippen LogP contribution >= 0.6 is 11.8 Å². The molecule has 0 saturated carbocycles. The van der Waals surface area contributed by atoms with Crippen LogP contribution in [0.5, 0.6) is 0 Å². The Labute approximate surface area is 165 Å². The van der Waals surface area contributed by atoms with Crippen molar-refractivity contribution in [3.63, 3.8) is 0 Å². The summed E-state index contributed by atoms with van der Waals surface area (Å²) in [5.74, 6) is 0.812. The molecule has 5 nitrogen and oxygen atoms in total. The second kappa shape index (κ2) is 6.82. The molecule has 1 N–H and O–H groups in total. The normalized spacial score (nSPS) is 28.2. The highest BCUT2D eigenvalue weighted by molar-refractivity contribution is 8.01. The first-order valence-corrected chi connectivity index (χ1v) is 10.8. The van der Waals surface area contributed by atoms with Gasteiger partial charge < -0.3 is 10.2 Å². The van der Waals surface area contributed by atoms with E-state index in [9.17, 15) is 9.59 Å². The predicted octanol–water partition coefficient (Wildman–Crippen LogP) is 2.39. The molecule has 27 heavy (non-hydrogen) atoms. The van der Waals surface area contributed by atoms with Crippen LogP contribution < -0.4 is 5.32 Å². The Kier molecular flexibility index (Phi) is 4.75. The minimum atomic E-state index is -0.326. The third-order valence-corrected chi connectivity index (χ3v) is 7.93. The van der Waals surface area contributed by atoms with Gasteiger partial charge in [0.15, 0.2) is 0 Å². The number of nitrogens with zero attached hydrogens (tertiary/aromatic N) is 2. The lowest BCUT2D eigenvalue weighted by Crippen LogP contribution is -2.56. The quantitative estimate of drug-likeness (QED) is 0.862. The Morgan fingerprint density at radius 1 is 1.30 bits per heavy atom. The van der Waals surface area contributed by atoms with Crippen molar-refractivity contribution in [3.05, 3.63) is 35.4 Å². The molecule has 2 fully saturated rings. The summed E-state index contributed by atoms with van der Waals surface area (Å²) in [6.45, 7) is 8.98. The zero-order valence-corrected chi connectivity index (χ0v) is 17.3. The van der Waals surface area contributed by atoms with Crippen LogP contribution in [0.25, 0.3) is 0 Å². The first kappa shape index (κ1) is 18.8. The van der Waals surface area contributed by atoms with Gasteiger partial charge in [-0.2, -0.15) is 0 Å². The lowest BCUT2D eigenvalue weighted by atomic mass is 9.94. The lowest BCUT2D eigenvalue weighted by molar-refractivity contribution is -0.138. The van der Waals surface area contributed by atoms with Crippen molar-refractivity contribution in [1.82, 2.24) is 15.1 Å². The van der Waals surface area contributed by atoms with E-state index in [2.05, 4.69) is 55.3 Å². The van der Waals surface area contributed by atoms with Gasteiger partial charge in [0.1, 0.15) is 6.04 Å². The Balaban J connectivity index is 1.38. The molecule has 3 aliphatic heterocycles. The molecule has 0 spiro atoms. The van der Waals surface area contributed by atoms with E-state index in [-0.39, 0.29) is 28.3 Å². The first-order chi connectivity index (χ1) is 12.8. The van der Waals surface area contributed by atoms with Crippen molar-refractivity contribution in [2.24, 2.45) is 0 Å². The van der Waals surface area contributed by atoms with Crippen molar-refractivity contribution in [2.45, 2.75) is 63.0 Å². The maximum Gasteiger partial charge on any atom is 0.243 e. The van der Waals surface area contributed by atoms with Crippen LogP contribution in [0, 0.1) is 0 Å². The first-order valence-electron chi connectivity index (χ1n) is 9.86. The van der Waals surface area contributed by atoms with Crippen LogP contribution in [0.3, 0.4) is 0 Å². The number of carbonyl (C=O) groups excluding carboxylic acids is 2. The number of hydrogen-bond acceptors (Lipinski definition) is 4. The summed E-state index contributed by atoms with van der Waals surface area (Å²) in [4.78, 5) is 29.2. The average molecular weight is 388 g/mol. The van der Waals surface area contributed by atoms with Crippen molar-refractivity contribution < 1.29 is 9.59 Å². The number of thioether (sulfide) groups is 1. The highest BCUT2D eigenvalue weighted by Gasteiger charge is 2.53. The minimum Gasteiger partial charge on any atom is -0.352 e. The van der Waals surface area contributed by atoms with Crippen molar-refractivity contribution in [2.75, 3.05) is 18.8 Å². The van der Waals surface area contributed by atoms with E-state index in [1.165, 1.54) is 11.1 Å². The number of amides is 2. The molecule has 2 atom stereocenters. The van der Waals surface area contributed by atoms with E-state index < -0.39 is 0 Å². The van der Waals surface area contributed by atoms with E-state index >= 15 is 0 Å². The third-order valence-electron chi connectivity index (χ3n) is 6.43. The van der Waals surface area contributed by atoms with E-state index in [4.69, 9.17) is 0 Å². The summed E-state index contributed by atoms with van der Waals surface area (Å²) in [5.41, 5.74) is 2.69. The molecule has 3 aliphatic rings. The molecular weight excluding hydrogens is 358 g/mol. The van der Waals surface area contributed by atoms with Gasteiger partial charge in [-0.05, 0) is 44.7 Å². The average Bonchev–Trinajstić information content (AvgIpc) is 3.15. The molecule has 146 valence electrons. The van der Waals surface area contributed by atoms with Gasteiger partial charge in [-0.3, -0.25) is 14.5 Å². The summed E-state index contributed by atoms with van der Waals surface area (Å²) in [6, 6.07) is 8.29. The highest BCUT2D eigenvalue weighted by Crippen LogP contribution is 2.47. The molecule has 4 rings (SSSR count). The van der Waals surface area contributed by atoms with Gasteiger partial charge in [-0.25, -0.2) is 0 Å². The molecule has 0 aliphatic carbocycles. The smallest absolute Gasteiger partial charge is 0.243 e. The predicted molar refractivity (Wildman–Crippen MR) is 108 cm³/mol. The van der Waals surface area contributed by atoms with Crippen molar-refractivity contribution in [3.8, 4) is 0 Å². The zero-order valence-electron chi connectivity index (χ0n) is 16.5. The fourth-order valence-electron chi connectivity index (χ4n) is 4.56. The van der Waals surface area contributed by atoms with E-state index in [0.717, 1.165) is 25.9 Å². The molecule has 1 aromatic rings. The summed E-state index contributed by atoms with van der Waals surface area (Å²) in [6.07, 6.45) is 2.46. The van der Waals surface area contributed by atoms with Gasteiger partial charge in [0.25, 0.3) is 0 Å². The number of benzene rings is 1. The van der Waals surface area contributed by atoms with Gasteiger partial charge in [-0.1, -0.05) is 24.3 Å². The highest BCUT2D eigenvalue weighted by atomic mass is 32.2. The topological polar surface area (TPSA) is 52.7 Å². The van der Waals surface area contributed by atoms with Gasteiger partial charge in [-0.15, -0.1) is 11.8 Å². The SMILES string of the molecule is CC(C)(CNC(=O)C1CSC2(C)CCC(=O)N12)N1CCc2ccccc2C1. The Bertz CT molecular complexity index is 766. The van der Waals surface area contributed by atoms with Crippen molar-refractivity contribution >= 4 is 23.6 Å². The van der Waals surface area contributed by atoms with Crippen LogP contribution in [0.1, 0.15) is 44.7 Å². The minimum absolute atomic E-state index is 0.00744. The molecule has 3 heterocycles. The van der Waals surface area contributed by atoms with Crippen LogP contribution in [0.4, 0.5) is 0 Å². The Morgan fingerprint density at radius 3 is 2.81 bits per heavy atom. The zero-order chi connectivity index (χ0) is 19.2. The molecule has 0 aromatic heterocycles. The monoisotopic (exact) mass is 387 g/mol. The summed E-state index contributed by atoms with van der Waals surface area (Å²) < 4.78 is 0. The number of rotatable bonds is 4. The largest absolute Gasteiger partial charge is 0.352 e. The van der Waals surface area contributed by atoms with Gasteiger partial charge in [0, 0.05) is 37.3 Å². The van der Waals surface area contributed by atoms with Crippen LogP contribution in [-0.4, -0.2) is 56.9 Å². The van der Waals surface area contributed by atoms with E-state index in [1.54, 1.807) is 11.8 Å². The van der Waals surface area contributed by atoms with Crippen molar-refractivity contribution in [1.29, 1.82) is 0 Å². The fraction of sp³-hybridized carbons (Fsp3) is 0.619. The van der Waals surface area contributed by atoms with E-state index in [0.29, 0.717) is 18.7 Å². The number of hydrogen-bond donors (Lipinski definition) is 1. The molecule has 0 radical (unpaired) electrons. The standard InChI is InChI=1S/C21H29N3O2S/c1-20(2,23-11-9-15-6-4-5-7-16(15)12-23)14-22-19(26)17-13-27-21(3)10-8-18(25)24(17)21/h4-7,17H,8-14H2,1-3H3,(H,22,26). The van der Waals surface area contributed by atoms with Gasteiger partial charge in [0.2, 0.25) is 11.8 Å².